The van der Waals surface area contributed by atoms with Crippen LogP contribution in [-0.4, -0.2) is 19.3 Å². The van der Waals surface area contributed by atoms with Crippen molar-refractivity contribution in [2.45, 2.75) is 4.90 Å². The van der Waals surface area contributed by atoms with Crippen LogP contribution in [0.5, 0.6) is 11.6 Å². The van der Waals surface area contributed by atoms with Crippen molar-refractivity contribution >= 4 is 21.8 Å². The molecule has 0 saturated carbocycles. The molecule has 1 heterocycles. The maximum absolute atomic E-state index is 12.9. The number of nitrogens with one attached hydrogen (secondary N) is 1. The lowest BCUT2D eigenvalue weighted by molar-refractivity contribution is 0.102. The van der Waals surface area contributed by atoms with Gasteiger partial charge < -0.3 is 10.1 Å². The first-order valence-corrected chi connectivity index (χ1v) is 9.24. The van der Waals surface area contributed by atoms with E-state index in [-0.39, 0.29) is 0 Å². The second kappa shape index (κ2) is 7.85. The zero-order valence-corrected chi connectivity index (χ0v) is 15.0. The Morgan fingerprint density at radius 3 is 2.25 bits per heavy atom. The summed E-state index contributed by atoms with van der Waals surface area (Å²) >= 11 is 0. The molecule has 28 heavy (non-hydrogen) atoms. The average molecular weight is 397 g/mol. The highest BCUT2D eigenvalue weighted by Gasteiger charge is 2.12. The molecular formula is C19H12FN3O4S. The molecule has 0 saturated heterocycles. The van der Waals surface area contributed by atoms with E-state index < -0.39 is 21.0 Å². The SMILES string of the molecule is N#Cc1ccc(Oc2ccc(C(=O)Nc3ccc(S(=O)(=O)F)cc3)cc2)nc1. The van der Waals surface area contributed by atoms with E-state index in [1.54, 1.807) is 24.3 Å². The van der Waals surface area contributed by atoms with Gasteiger partial charge in [0.05, 0.1) is 10.5 Å². The minimum Gasteiger partial charge on any atom is -0.439 e. The molecule has 140 valence electrons. The van der Waals surface area contributed by atoms with Gasteiger partial charge in [0.2, 0.25) is 5.88 Å². The molecule has 3 aromatic rings. The molecule has 0 aliphatic rings. The number of hydrogen-bond acceptors (Lipinski definition) is 6. The quantitative estimate of drug-likeness (QED) is 0.658. The van der Waals surface area contributed by atoms with E-state index in [0.29, 0.717) is 28.4 Å². The van der Waals surface area contributed by atoms with Crippen LogP contribution >= 0.6 is 0 Å². The Bertz CT molecular complexity index is 1140. The fraction of sp³-hybridized carbons (Fsp3) is 0. The maximum atomic E-state index is 12.9. The zero-order chi connectivity index (χ0) is 20.1. The van der Waals surface area contributed by atoms with Crippen molar-refractivity contribution in [1.82, 2.24) is 4.98 Å². The number of nitriles is 1. The van der Waals surface area contributed by atoms with Crippen molar-refractivity contribution in [3.63, 3.8) is 0 Å². The van der Waals surface area contributed by atoms with Gasteiger partial charge in [-0.2, -0.15) is 13.7 Å². The Morgan fingerprint density at radius 1 is 1.04 bits per heavy atom. The summed E-state index contributed by atoms with van der Waals surface area (Å²) in [4.78, 5) is 15.8. The molecule has 0 radical (unpaired) electrons. The van der Waals surface area contributed by atoms with Gasteiger partial charge in [0.15, 0.2) is 0 Å². The first kappa shape index (κ1) is 19.0. The number of hydrogen-bond donors (Lipinski definition) is 1. The average Bonchev–Trinajstić information content (AvgIpc) is 2.69. The number of nitrogens with zero attached hydrogens (tertiary/aromatic N) is 2. The van der Waals surface area contributed by atoms with E-state index >= 15 is 0 Å². The molecule has 0 unspecified atom stereocenters. The van der Waals surface area contributed by atoms with Crippen molar-refractivity contribution in [3.05, 3.63) is 78.0 Å². The molecular weight excluding hydrogens is 385 g/mol. The zero-order valence-electron chi connectivity index (χ0n) is 14.2. The molecule has 1 amide bonds. The van der Waals surface area contributed by atoms with Crippen molar-refractivity contribution < 1.29 is 21.8 Å². The number of ether oxygens (including phenoxy) is 1. The molecule has 9 heteroatoms. The summed E-state index contributed by atoms with van der Waals surface area (Å²) in [7, 11) is -4.78. The van der Waals surface area contributed by atoms with Crippen LogP contribution in [0.1, 0.15) is 15.9 Å². The van der Waals surface area contributed by atoms with Gasteiger partial charge >= 0.3 is 10.2 Å². The van der Waals surface area contributed by atoms with Crippen LogP contribution in [0, 0.1) is 11.3 Å². The Morgan fingerprint density at radius 2 is 1.71 bits per heavy atom. The van der Waals surface area contributed by atoms with Crippen LogP contribution < -0.4 is 10.1 Å². The summed E-state index contributed by atoms with van der Waals surface area (Å²) in [6.45, 7) is 0. The highest BCUT2D eigenvalue weighted by Crippen LogP contribution is 2.21. The molecule has 0 atom stereocenters. The summed E-state index contributed by atoms with van der Waals surface area (Å²) in [6.07, 6.45) is 1.39. The Labute approximate surface area is 160 Å². The third-order valence-corrected chi connectivity index (χ3v) is 4.43. The van der Waals surface area contributed by atoms with E-state index in [0.717, 1.165) is 12.1 Å². The van der Waals surface area contributed by atoms with Gasteiger partial charge in [-0.25, -0.2) is 4.98 Å². The highest BCUT2D eigenvalue weighted by atomic mass is 32.3. The lowest BCUT2D eigenvalue weighted by Gasteiger charge is -2.07. The monoisotopic (exact) mass is 397 g/mol. The molecule has 2 aromatic carbocycles. The number of benzene rings is 2. The van der Waals surface area contributed by atoms with Gasteiger partial charge in [-0.15, -0.1) is 3.89 Å². The number of carbonyl (C=O) groups excluding carboxylic acids is 1. The minimum atomic E-state index is -4.78. The number of rotatable bonds is 5. The largest absolute Gasteiger partial charge is 0.439 e. The third-order valence-electron chi connectivity index (χ3n) is 3.60. The van der Waals surface area contributed by atoms with E-state index in [1.807, 2.05) is 6.07 Å². The molecule has 0 fully saturated rings. The van der Waals surface area contributed by atoms with Gasteiger partial charge in [0, 0.05) is 23.5 Å². The lowest BCUT2D eigenvalue weighted by atomic mass is 10.2. The van der Waals surface area contributed by atoms with Crippen molar-refractivity contribution in [3.8, 4) is 17.7 Å². The Hall–Kier alpha value is -3.77. The van der Waals surface area contributed by atoms with E-state index in [1.165, 1.54) is 30.5 Å². The predicted octanol–water partition coefficient (Wildman–Crippen LogP) is 3.66. The van der Waals surface area contributed by atoms with Crippen molar-refractivity contribution in [1.29, 1.82) is 5.26 Å². The van der Waals surface area contributed by atoms with Gasteiger partial charge in [0.25, 0.3) is 5.91 Å². The second-order valence-electron chi connectivity index (χ2n) is 5.54. The van der Waals surface area contributed by atoms with E-state index in [2.05, 4.69) is 10.3 Å². The smallest absolute Gasteiger partial charge is 0.332 e. The first-order valence-electron chi connectivity index (χ1n) is 7.85. The number of pyridine rings is 1. The fourth-order valence-electron chi connectivity index (χ4n) is 2.21. The molecule has 0 spiro atoms. The lowest BCUT2D eigenvalue weighted by Crippen LogP contribution is -2.11. The van der Waals surface area contributed by atoms with Gasteiger partial charge in [-0.05, 0) is 54.6 Å². The minimum absolute atomic E-state index is 0.305. The predicted molar refractivity (Wildman–Crippen MR) is 98.2 cm³/mol. The number of amides is 1. The molecule has 7 nitrogen and oxygen atoms in total. The molecule has 0 bridgehead atoms. The van der Waals surface area contributed by atoms with Gasteiger partial charge in [0.1, 0.15) is 11.8 Å². The van der Waals surface area contributed by atoms with Crippen LogP contribution in [0.3, 0.4) is 0 Å². The molecule has 0 aliphatic heterocycles. The van der Waals surface area contributed by atoms with Crippen LogP contribution in [0.15, 0.2) is 71.8 Å². The summed E-state index contributed by atoms with van der Waals surface area (Å²) in [6, 6.07) is 16.0. The van der Waals surface area contributed by atoms with Crippen LogP contribution in [0.25, 0.3) is 0 Å². The number of aromatic nitrogens is 1. The summed E-state index contributed by atoms with van der Waals surface area (Å²) in [5.41, 5.74) is 1.07. The normalized spacial score (nSPS) is 10.7. The Balaban J connectivity index is 1.65. The van der Waals surface area contributed by atoms with Crippen LogP contribution in [-0.2, 0) is 10.2 Å². The standard InChI is InChI=1S/C19H12FN3O4S/c20-28(25,26)17-8-4-15(5-9-17)23-19(24)14-2-6-16(7-3-14)27-18-10-1-13(11-21)12-22-18/h1-10,12H,(H,23,24). The summed E-state index contributed by atoms with van der Waals surface area (Å²) < 4.78 is 40.0. The second-order valence-corrected chi connectivity index (χ2v) is 6.89. The number of anilines is 1. The molecule has 1 N–H and O–H groups in total. The van der Waals surface area contributed by atoms with Gasteiger partial charge in [-0.1, -0.05) is 0 Å². The highest BCUT2D eigenvalue weighted by molar-refractivity contribution is 7.86. The maximum Gasteiger partial charge on any atom is 0.332 e. The molecule has 1 aromatic heterocycles. The summed E-state index contributed by atoms with van der Waals surface area (Å²) in [5.74, 6) is 0.323. The van der Waals surface area contributed by atoms with Crippen molar-refractivity contribution in [2.75, 3.05) is 5.32 Å². The first-order chi connectivity index (χ1) is 13.3. The number of halogens is 1. The fourth-order valence-corrected chi connectivity index (χ4v) is 2.67. The van der Waals surface area contributed by atoms with E-state index in [4.69, 9.17) is 10.00 Å². The van der Waals surface area contributed by atoms with Gasteiger partial charge in [-0.3, -0.25) is 4.79 Å². The number of carbonyl (C=O) groups is 1. The van der Waals surface area contributed by atoms with Crippen molar-refractivity contribution in [2.24, 2.45) is 0 Å². The van der Waals surface area contributed by atoms with Crippen LogP contribution in [0.4, 0.5) is 9.57 Å². The van der Waals surface area contributed by atoms with Crippen LogP contribution in [0.2, 0.25) is 0 Å². The summed E-state index contributed by atoms with van der Waals surface area (Å²) in [5, 5.41) is 11.3. The third kappa shape index (κ3) is 4.69. The van der Waals surface area contributed by atoms with E-state index in [9.17, 15) is 17.1 Å². The molecule has 0 aliphatic carbocycles. The molecule has 3 rings (SSSR count). The topological polar surface area (TPSA) is 109 Å². The Kier molecular flexibility index (Phi) is 5.33.